The first-order valence-corrected chi connectivity index (χ1v) is 7.65. The third kappa shape index (κ3) is 3.89. The molecule has 0 unspecified atom stereocenters. The number of nitrogens with one attached hydrogen (secondary N) is 1. The van der Waals surface area contributed by atoms with Crippen molar-refractivity contribution >= 4 is 39.1 Å². The predicted octanol–water partition coefficient (Wildman–Crippen LogP) is 5.05. The van der Waals surface area contributed by atoms with Gasteiger partial charge in [0.25, 0.3) is 0 Å². The Labute approximate surface area is 137 Å². The first kappa shape index (κ1) is 15.6. The molecule has 1 N–H and O–H groups in total. The number of rotatable bonds is 5. The summed E-state index contributed by atoms with van der Waals surface area (Å²) in [6.07, 6.45) is 0. The van der Waals surface area contributed by atoms with Crippen molar-refractivity contribution in [3.8, 4) is 5.75 Å². The lowest BCUT2D eigenvalue weighted by Crippen LogP contribution is -2.05. The Morgan fingerprint density at radius 1 is 1.20 bits per heavy atom. The van der Waals surface area contributed by atoms with Gasteiger partial charge in [-0.15, -0.1) is 0 Å². The molecule has 0 spiro atoms. The highest BCUT2D eigenvalue weighted by atomic mass is 79.9. The average Bonchev–Trinajstić information content (AvgIpc) is 2.42. The van der Waals surface area contributed by atoms with Gasteiger partial charge in [-0.3, -0.25) is 0 Å². The summed E-state index contributed by atoms with van der Waals surface area (Å²) in [7, 11) is 1.92. The van der Waals surface area contributed by atoms with Crippen LogP contribution >= 0.6 is 39.1 Å². The lowest BCUT2D eigenvalue weighted by molar-refractivity contribution is 0.305. The van der Waals surface area contributed by atoms with Gasteiger partial charge in [0, 0.05) is 16.6 Å². The molecule has 2 nitrogen and oxygen atoms in total. The van der Waals surface area contributed by atoms with E-state index in [0.717, 1.165) is 16.6 Å². The van der Waals surface area contributed by atoms with Crippen molar-refractivity contribution in [2.45, 2.75) is 13.2 Å². The van der Waals surface area contributed by atoms with E-state index in [1.165, 1.54) is 5.56 Å². The smallest absolute Gasteiger partial charge is 0.139 e. The molecular formula is C15H14BrCl2NO. The molecule has 0 heterocycles. The molecule has 2 aromatic rings. The normalized spacial score (nSPS) is 10.6. The Bertz CT molecular complexity index is 604. The number of benzene rings is 2. The van der Waals surface area contributed by atoms with Crippen molar-refractivity contribution in [1.82, 2.24) is 5.32 Å². The van der Waals surface area contributed by atoms with Gasteiger partial charge < -0.3 is 10.1 Å². The van der Waals surface area contributed by atoms with Crippen molar-refractivity contribution in [3.05, 3.63) is 62.0 Å². The van der Waals surface area contributed by atoms with Crippen LogP contribution in [-0.4, -0.2) is 7.05 Å². The van der Waals surface area contributed by atoms with E-state index < -0.39 is 0 Å². The zero-order chi connectivity index (χ0) is 14.5. The highest BCUT2D eigenvalue weighted by Crippen LogP contribution is 2.32. The summed E-state index contributed by atoms with van der Waals surface area (Å²) in [6, 6.07) is 11.5. The van der Waals surface area contributed by atoms with Crippen molar-refractivity contribution in [1.29, 1.82) is 0 Å². The third-order valence-electron chi connectivity index (χ3n) is 2.80. The molecule has 0 atom stereocenters. The Hall–Kier alpha value is -0.740. The second-order valence-corrected chi connectivity index (χ2v) is 5.94. The summed E-state index contributed by atoms with van der Waals surface area (Å²) in [6.45, 7) is 1.26. The standard InChI is InChI=1S/C15H14BrCl2NO/c1-19-8-10-5-6-11(12(16)7-10)9-20-14-4-2-3-13(17)15(14)18/h2-7,19H,8-9H2,1H3. The molecule has 0 aliphatic carbocycles. The molecule has 0 aliphatic rings. The lowest BCUT2D eigenvalue weighted by Gasteiger charge is -2.11. The molecule has 2 rings (SSSR count). The summed E-state index contributed by atoms with van der Waals surface area (Å²) in [5, 5.41) is 4.05. The van der Waals surface area contributed by atoms with E-state index >= 15 is 0 Å². The fraction of sp³-hybridized carbons (Fsp3) is 0.200. The van der Waals surface area contributed by atoms with Crippen LogP contribution in [0, 0.1) is 0 Å². The minimum absolute atomic E-state index is 0.431. The summed E-state index contributed by atoms with van der Waals surface area (Å²) in [5.74, 6) is 0.588. The summed E-state index contributed by atoms with van der Waals surface area (Å²) >= 11 is 15.6. The average molecular weight is 375 g/mol. The third-order valence-corrected chi connectivity index (χ3v) is 4.34. The molecule has 0 aromatic heterocycles. The summed E-state index contributed by atoms with van der Waals surface area (Å²) in [5.41, 5.74) is 2.27. The van der Waals surface area contributed by atoms with Gasteiger partial charge >= 0.3 is 0 Å². The van der Waals surface area contributed by atoms with Gasteiger partial charge in [0.15, 0.2) is 0 Å². The van der Waals surface area contributed by atoms with Crippen LogP contribution in [0.2, 0.25) is 10.0 Å². The molecular weight excluding hydrogens is 361 g/mol. The predicted molar refractivity (Wildman–Crippen MR) is 87.7 cm³/mol. The molecule has 5 heteroatoms. The zero-order valence-electron chi connectivity index (χ0n) is 10.9. The van der Waals surface area contributed by atoms with Gasteiger partial charge in [-0.25, -0.2) is 0 Å². The molecule has 0 amide bonds. The molecule has 0 radical (unpaired) electrons. The maximum atomic E-state index is 6.09. The number of ether oxygens (including phenoxy) is 1. The van der Waals surface area contributed by atoms with Crippen LogP contribution in [0.25, 0.3) is 0 Å². The van der Waals surface area contributed by atoms with Crippen molar-refractivity contribution in [3.63, 3.8) is 0 Å². The zero-order valence-corrected chi connectivity index (χ0v) is 14.0. The maximum Gasteiger partial charge on any atom is 0.139 e. The van der Waals surface area contributed by atoms with Gasteiger partial charge in [-0.05, 0) is 30.8 Å². The van der Waals surface area contributed by atoms with Gasteiger partial charge in [0.2, 0.25) is 0 Å². The minimum Gasteiger partial charge on any atom is -0.487 e. The largest absolute Gasteiger partial charge is 0.487 e. The molecule has 0 saturated heterocycles. The lowest BCUT2D eigenvalue weighted by atomic mass is 10.1. The number of hydrogen-bond donors (Lipinski definition) is 1. The van der Waals surface area contributed by atoms with E-state index in [-0.39, 0.29) is 0 Å². The van der Waals surface area contributed by atoms with E-state index in [1.54, 1.807) is 12.1 Å². The van der Waals surface area contributed by atoms with Gasteiger partial charge in [0.1, 0.15) is 17.4 Å². The Kier molecular flexibility index (Phi) is 5.73. The van der Waals surface area contributed by atoms with Crippen molar-refractivity contribution in [2.24, 2.45) is 0 Å². The van der Waals surface area contributed by atoms with Gasteiger partial charge in [-0.1, -0.05) is 57.3 Å². The molecule has 0 fully saturated rings. The molecule has 0 saturated carbocycles. The number of hydrogen-bond acceptors (Lipinski definition) is 2. The summed E-state index contributed by atoms with van der Waals surface area (Å²) in [4.78, 5) is 0. The monoisotopic (exact) mass is 373 g/mol. The van der Waals surface area contributed by atoms with Crippen LogP contribution in [0.15, 0.2) is 40.9 Å². The first-order chi connectivity index (χ1) is 9.61. The van der Waals surface area contributed by atoms with E-state index in [1.807, 2.05) is 19.2 Å². The van der Waals surface area contributed by atoms with Crippen LogP contribution < -0.4 is 10.1 Å². The SMILES string of the molecule is CNCc1ccc(COc2cccc(Cl)c2Cl)c(Br)c1. The summed E-state index contributed by atoms with van der Waals surface area (Å²) < 4.78 is 6.74. The Balaban J connectivity index is 2.09. The fourth-order valence-corrected chi connectivity index (χ4v) is 2.66. The Morgan fingerprint density at radius 2 is 2.00 bits per heavy atom. The van der Waals surface area contributed by atoms with E-state index in [9.17, 15) is 0 Å². The molecule has 2 aromatic carbocycles. The number of halogens is 3. The van der Waals surface area contributed by atoms with E-state index in [0.29, 0.717) is 22.4 Å². The van der Waals surface area contributed by atoms with Crippen LogP contribution in [-0.2, 0) is 13.2 Å². The highest BCUT2D eigenvalue weighted by Gasteiger charge is 2.07. The second kappa shape index (κ2) is 7.32. The molecule has 106 valence electrons. The quantitative estimate of drug-likeness (QED) is 0.790. The highest BCUT2D eigenvalue weighted by molar-refractivity contribution is 9.10. The van der Waals surface area contributed by atoms with E-state index in [2.05, 4.69) is 33.4 Å². The maximum absolute atomic E-state index is 6.09. The van der Waals surface area contributed by atoms with Crippen molar-refractivity contribution < 1.29 is 4.74 Å². The fourth-order valence-electron chi connectivity index (χ4n) is 1.77. The topological polar surface area (TPSA) is 21.3 Å². The molecule has 0 bridgehead atoms. The van der Waals surface area contributed by atoms with Gasteiger partial charge in [0.05, 0.1) is 5.02 Å². The van der Waals surface area contributed by atoms with Crippen LogP contribution in [0.1, 0.15) is 11.1 Å². The molecule has 20 heavy (non-hydrogen) atoms. The van der Waals surface area contributed by atoms with Crippen molar-refractivity contribution in [2.75, 3.05) is 7.05 Å². The van der Waals surface area contributed by atoms with Crippen LogP contribution in [0.3, 0.4) is 0 Å². The minimum atomic E-state index is 0.431. The molecule has 0 aliphatic heterocycles. The first-order valence-electron chi connectivity index (χ1n) is 6.10. The van der Waals surface area contributed by atoms with Crippen LogP contribution in [0.5, 0.6) is 5.75 Å². The van der Waals surface area contributed by atoms with Gasteiger partial charge in [-0.2, -0.15) is 0 Å². The Morgan fingerprint density at radius 3 is 2.70 bits per heavy atom. The second-order valence-electron chi connectivity index (χ2n) is 4.30. The van der Waals surface area contributed by atoms with E-state index in [4.69, 9.17) is 27.9 Å². The van der Waals surface area contributed by atoms with Crippen LogP contribution in [0.4, 0.5) is 0 Å².